The van der Waals surface area contributed by atoms with Crippen LogP contribution in [0, 0.1) is 0 Å². The van der Waals surface area contributed by atoms with Crippen molar-refractivity contribution in [3.63, 3.8) is 0 Å². The normalized spacial score (nSPS) is 21.7. The summed E-state index contributed by atoms with van der Waals surface area (Å²) in [4.78, 5) is 31.1. The second-order valence-corrected chi connectivity index (χ2v) is 9.81. The highest BCUT2D eigenvalue weighted by atomic mass is 35.5. The number of piperidine rings is 1. The Morgan fingerprint density at radius 1 is 0.939 bits per heavy atom. The lowest BCUT2D eigenvalue weighted by Crippen LogP contribution is -2.40. The number of halogens is 1. The maximum absolute atomic E-state index is 12.8. The Kier molecular flexibility index (Phi) is 6.45. The highest BCUT2D eigenvalue weighted by Crippen LogP contribution is 2.30. The molecular weight excluding hydrogens is 436 g/mol. The van der Waals surface area contributed by atoms with E-state index in [0.29, 0.717) is 24.3 Å². The van der Waals surface area contributed by atoms with Crippen LogP contribution in [0.1, 0.15) is 45.0 Å². The Balaban J connectivity index is 0.00000274. The van der Waals surface area contributed by atoms with E-state index in [2.05, 4.69) is 39.4 Å². The molecule has 1 N–H and O–H groups in total. The van der Waals surface area contributed by atoms with Gasteiger partial charge in [0.05, 0.1) is 6.04 Å². The van der Waals surface area contributed by atoms with E-state index in [1.807, 2.05) is 29.2 Å². The number of carbonyl (C=O) groups is 2. The molecule has 3 saturated heterocycles. The van der Waals surface area contributed by atoms with Gasteiger partial charge in [-0.1, -0.05) is 23.7 Å². The number of likely N-dealkylation sites (tertiary alicyclic amines) is 2. The Labute approximate surface area is 202 Å². The molecule has 3 aliphatic heterocycles. The Bertz CT molecular complexity index is 993. The minimum atomic E-state index is -0.0360. The van der Waals surface area contributed by atoms with Crippen LogP contribution in [-0.2, 0) is 4.79 Å². The first-order valence-electron chi connectivity index (χ1n) is 12.0. The number of amides is 3. The summed E-state index contributed by atoms with van der Waals surface area (Å²) in [5.41, 5.74) is 3.26. The van der Waals surface area contributed by atoms with E-state index in [-0.39, 0.29) is 7.46 Å². The molecule has 0 saturated carbocycles. The van der Waals surface area contributed by atoms with Gasteiger partial charge in [-0.05, 0) is 73.6 Å². The molecule has 6 nitrogen and oxygen atoms in total. The van der Waals surface area contributed by atoms with Gasteiger partial charge in [-0.3, -0.25) is 4.79 Å². The third-order valence-electron chi connectivity index (χ3n) is 7.32. The number of benzene rings is 2. The third-order valence-corrected chi connectivity index (χ3v) is 7.57. The summed E-state index contributed by atoms with van der Waals surface area (Å²) >= 11 is 6.00. The molecule has 176 valence electrons. The quantitative estimate of drug-likeness (QED) is 0.671. The van der Waals surface area contributed by atoms with Gasteiger partial charge in [0.1, 0.15) is 0 Å². The van der Waals surface area contributed by atoms with Crippen LogP contribution in [0.4, 0.5) is 16.2 Å². The summed E-state index contributed by atoms with van der Waals surface area (Å²) in [6.07, 6.45) is 4.63. The van der Waals surface area contributed by atoms with Gasteiger partial charge in [-0.25, -0.2) is 4.79 Å². The molecule has 33 heavy (non-hydrogen) atoms. The summed E-state index contributed by atoms with van der Waals surface area (Å²) in [6, 6.07) is 16.4. The molecular formula is C26H33ClN4O2. The summed E-state index contributed by atoms with van der Waals surface area (Å²) in [7, 11) is 0. The van der Waals surface area contributed by atoms with Crippen LogP contribution in [0.5, 0.6) is 0 Å². The minimum Gasteiger partial charge on any atom is -0.369 e. The second kappa shape index (κ2) is 9.64. The summed E-state index contributed by atoms with van der Waals surface area (Å²) < 4.78 is 0. The van der Waals surface area contributed by atoms with Gasteiger partial charge < -0.3 is 20.0 Å². The molecule has 7 heteroatoms. The maximum Gasteiger partial charge on any atom is 0.321 e. The van der Waals surface area contributed by atoms with Crippen molar-refractivity contribution in [1.82, 2.24) is 9.80 Å². The van der Waals surface area contributed by atoms with E-state index in [4.69, 9.17) is 11.6 Å². The molecule has 2 aromatic carbocycles. The molecule has 3 heterocycles. The molecule has 3 aliphatic rings. The second-order valence-electron chi connectivity index (χ2n) is 9.37. The zero-order valence-electron chi connectivity index (χ0n) is 18.9. The van der Waals surface area contributed by atoms with Crippen molar-refractivity contribution in [2.45, 2.75) is 44.1 Å². The van der Waals surface area contributed by atoms with E-state index in [1.165, 1.54) is 5.56 Å². The molecule has 0 radical (unpaired) electrons. The fraction of sp³-hybridized carbons (Fsp3) is 0.462. The van der Waals surface area contributed by atoms with Crippen molar-refractivity contribution in [2.24, 2.45) is 0 Å². The number of nitrogens with one attached hydrogen (secondary N) is 1. The fourth-order valence-corrected chi connectivity index (χ4v) is 5.52. The number of rotatable bonds is 4. The zero-order valence-corrected chi connectivity index (χ0v) is 19.6. The molecule has 1 atom stereocenters. The van der Waals surface area contributed by atoms with Crippen molar-refractivity contribution in [1.29, 1.82) is 0 Å². The SMILES string of the molecule is O=C(Nc1ccc(N2CCC(N3CCCC3=O)C2)cc1)N1CCC(c2ccc(Cl)cc2)CC1.[HH]. The molecule has 0 spiro atoms. The van der Waals surface area contributed by atoms with Gasteiger partial charge in [0, 0.05) is 57.0 Å². The van der Waals surface area contributed by atoms with Gasteiger partial charge in [-0.2, -0.15) is 0 Å². The van der Waals surface area contributed by atoms with Crippen molar-refractivity contribution in [3.05, 3.63) is 59.1 Å². The average Bonchev–Trinajstić information content (AvgIpc) is 3.49. The van der Waals surface area contributed by atoms with Crippen LogP contribution >= 0.6 is 11.6 Å². The van der Waals surface area contributed by atoms with E-state index in [0.717, 1.165) is 74.8 Å². The van der Waals surface area contributed by atoms with Crippen LogP contribution in [-0.4, -0.2) is 60.5 Å². The highest BCUT2D eigenvalue weighted by molar-refractivity contribution is 6.30. The predicted molar refractivity (Wildman–Crippen MR) is 134 cm³/mol. The van der Waals surface area contributed by atoms with Gasteiger partial charge >= 0.3 is 6.03 Å². The summed E-state index contributed by atoms with van der Waals surface area (Å²) in [5.74, 6) is 0.780. The van der Waals surface area contributed by atoms with Crippen molar-refractivity contribution in [2.75, 3.05) is 42.9 Å². The molecule has 2 aromatic rings. The lowest BCUT2D eigenvalue weighted by atomic mass is 9.89. The van der Waals surface area contributed by atoms with Gasteiger partial charge in [-0.15, -0.1) is 0 Å². The number of hydrogen-bond acceptors (Lipinski definition) is 3. The van der Waals surface area contributed by atoms with E-state index in [9.17, 15) is 9.59 Å². The molecule has 3 amide bonds. The number of carbonyl (C=O) groups excluding carboxylic acids is 2. The van der Waals surface area contributed by atoms with E-state index < -0.39 is 0 Å². The van der Waals surface area contributed by atoms with Gasteiger partial charge in [0.25, 0.3) is 0 Å². The molecule has 5 rings (SSSR count). The predicted octanol–water partition coefficient (Wildman–Crippen LogP) is 5.20. The maximum atomic E-state index is 12.8. The lowest BCUT2D eigenvalue weighted by Gasteiger charge is -2.32. The summed E-state index contributed by atoms with van der Waals surface area (Å²) in [6.45, 7) is 4.26. The zero-order chi connectivity index (χ0) is 22.8. The Morgan fingerprint density at radius 3 is 2.33 bits per heavy atom. The first-order valence-corrected chi connectivity index (χ1v) is 12.4. The van der Waals surface area contributed by atoms with Crippen LogP contribution < -0.4 is 10.2 Å². The van der Waals surface area contributed by atoms with Crippen LogP contribution in [0.15, 0.2) is 48.5 Å². The first kappa shape index (κ1) is 22.1. The van der Waals surface area contributed by atoms with Crippen molar-refractivity contribution < 1.29 is 11.0 Å². The average molecular weight is 469 g/mol. The largest absolute Gasteiger partial charge is 0.369 e. The Hall–Kier alpha value is -2.73. The highest BCUT2D eigenvalue weighted by Gasteiger charge is 2.33. The smallest absolute Gasteiger partial charge is 0.321 e. The standard InChI is InChI=1S/C26H31ClN4O2.H2/c27-21-5-3-19(4-6-21)20-11-15-29(16-12-20)26(33)28-22-7-9-23(10-8-22)30-17-13-24(18-30)31-14-1-2-25(31)32;/h3-10,20,24H,1-2,11-18H2,(H,28,33);1H. The molecule has 0 bridgehead atoms. The minimum absolute atomic E-state index is 0. The van der Waals surface area contributed by atoms with Crippen LogP contribution in [0.2, 0.25) is 5.02 Å². The van der Waals surface area contributed by atoms with Gasteiger partial charge in [0.15, 0.2) is 0 Å². The van der Waals surface area contributed by atoms with Crippen molar-refractivity contribution in [3.8, 4) is 0 Å². The number of hydrogen-bond donors (Lipinski definition) is 1. The molecule has 1 unspecified atom stereocenters. The van der Waals surface area contributed by atoms with Crippen LogP contribution in [0.25, 0.3) is 0 Å². The number of anilines is 2. The lowest BCUT2D eigenvalue weighted by molar-refractivity contribution is -0.129. The Morgan fingerprint density at radius 2 is 1.67 bits per heavy atom. The van der Waals surface area contributed by atoms with Crippen LogP contribution in [0.3, 0.4) is 0 Å². The molecule has 0 aromatic heterocycles. The summed E-state index contributed by atoms with van der Waals surface area (Å²) in [5, 5.41) is 3.81. The third kappa shape index (κ3) is 4.96. The van der Waals surface area contributed by atoms with Gasteiger partial charge in [0.2, 0.25) is 5.91 Å². The first-order chi connectivity index (χ1) is 16.1. The monoisotopic (exact) mass is 468 g/mol. The molecule has 0 aliphatic carbocycles. The van der Waals surface area contributed by atoms with E-state index >= 15 is 0 Å². The number of nitrogens with zero attached hydrogens (tertiary/aromatic N) is 3. The molecule has 3 fully saturated rings. The number of urea groups is 1. The van der Waals surface area contributed by atoms with Crippen molar-refractivity contribution >= 4 is 34.9 Å². The topological polar surface area (TPSA) is 55.9 Å². The van der Waals surface area contributed by atoms with E-state index in [1.54, 1.807) is 0 Å². The fourth-order valence-electron chi connectivity index (χ4n) is 5.39.